The zero-order valence-corrected chi connectivity index (χ0v) is 12.8. The molecule has 2 aromatic carbocycles. The highest BCUT2D eigenvalue weighted by Gasteiger charge is 2.17. The number of hydrogen-bond acceptors (Lipinski definition) is 6. The fourth-order valence-electron chi connectivity index (χ4n) is 1.80. The molecule has 8 nitrogen and oxygen atoms in total. The smallest absolute Gasteiger partial charge is 0.338 e. The molecule has 1 amide bonds. The second-order valence-electron chi connectivity index (χ2n) is 4.59. The highest BCUT2D eigenvalue weighted by atomic mass is 35.5. The van der Waals surface area contributed by atoms with E-state index in [4.69, 9.17) is 16.3 Å². The molecule has 0 unspecified atom stereocenters. The lowest BCUT2D eigenvalue weighted by atomic mass is 10.2. The third kappa shape index (κ3) is 4.43. The number of esters is 1. The first-order valence-corrected chi connectivity index (χ1v) is 6.94. The molecular formula is C15H11ClN2O6. The Morgan fingerprint density at radius 3 is 2.67 bits per heavy atom. The van der Waals surface area contributed by atoms with Gasteiger partial charge in [-0.3, -0.25) is 14.9 Å². The number of carbonyl (C=O) groups is 2. The van der Waals surface area contributed by atoms with Crippen LogP contribution in [0, 0.1) is 10.1 Å². The van der Waals surface area contributed by atoms with Crippen molar-refractivity contribution >= 4 is 34.9 Å². The number of aromatic hydroxyl groups is 1. The van der Waals surface area contributed by atoms with Crippen LogP contribution in [-0.4, -0.2) is 28.5 Å². The highest BCUT2D eigenvalue weighted by molar-refractivity contribution is 6.31. The number of phenols is 1. The molecule has 9 heteroatoms. The van der Waals surface area contributed by atoms with E-state index in [1.54, 1.807) is 0 Å². The van der Waals surface area contributed by atoms with Gasteiger partial charge in [-0.2, -0.15) is 0 Å². The van der Waals surface area contributed by atoms with Crippen LogP contribution >= 0.6 is 11.6 Å². The second kappa shape index (κ2) is 7.42. The summed E-state index contributed by atoms with van der Waals surface area (Å²) in [5.41, 5.74) is -0.377. The molecule has 0 saturated carbocycles. The molecule has 0 fully saturated rings. The average molecular weight is 351 g/mol. The lowest BCUT2D eigenvalue weighted by Gasteiger charge is -2.07. The number of nitrogens with zero attached hydrogens (tertiary/aromatic N) is 1. The molecule has 2 N–H and O–H groups in total. The van der Waals surface area contributed by atoms with Crippen LogP contribution in [0.3, 0.4) is 0 Å². The zero-order chi connectivity index (χ0) is 17.7. The van der Waals surface area contributed by atoms with Crippen LogP contribution in [0.25, 0.3) is 0 Å². The van der Waals surface area contributed by atoms with Crippen molar-refractivity contribution in [2.45, 2.75) is 0 Å². The van der Waals surface area contributed by atoms with Crippen LogP contribution < -0.4 is 5.32 Å². The molecule has 0 atom stereocenters. The van der Waals surface area contributed by atoms with Crippen molar-refractivity contribution in [2.24, 2.45) is 0 Å². The summed E-state index contributed by atoms with van der Waals surface area (Å²) in [6.45, 7) is -0.645. The maximum atomic E-state index is 11.8. The first-order chi connectivity index (χ1) is 11.4. The average Bonchev–Trinajstić information content (AvgIpc) is 2.54. The van der Waals surface area contributed by atoms with E-state index in [1.807, 2.05) is 0 Å². The van der Waals surface area contributed by atoms with E-state index in [0.29, 0.717) is 0 Å². The first-order valence-electron chi connectivity index (χ1n) is 6.57. The number of phenolic OH excluding ortho intramolecular Hbond substituents is 1. The number of anilines is 1. The lowest BCUT2D eigenvalue weighted by Crippen LogP contribution is -2.21. The topological polar surface area (TPSA) is 119 Å². The number of nitro benzene ring substituents is 1. The van der Waals surface area contributed by atoms with Gasteiger partial charge in [0.2, 0.25) is 0 Å². The molecule has 124 valence electrons. The zero-order valence-electron chi connectivity index (χ0n) is 12.1. The molecule has 0 aliphatic carbocycles. The largest absolute Gasteiger partial charge is 0.508 e. The number of hydrogen-bond donors (Lipinski definition) is 2. The number of benzene rings is 2. The minimum absolute atomic E-state index is 0.0668. The van der Waals surface area contributed by atoms with Crippen LogP contribution in [0.4, 0.5) is 11.4 Å². The Kier molecular flexibility index (Phi) is 5.33. The summed E-state index contributed by atoms with van der Waals surface area (Å²) in [6.07, 6.45) is 0. The molecule has 0 aromatic heterocycles. The van der Waals surface area contributed by atoms with Gasteiger partial charge in [-0.25, -0.2) is 4.79 Å². The SMILES string of the molecule is O=C(COC(=O)c1cccc(O)c1)Nc1ccc(Cl)cc1[N+](=O)[O-]. The Bertz CT molecular complexity index is 808. The minimum Gasteiger partial charge on any atom is -0.508 e. The second-order valence-corrected chi connectivity index (χ2v) is 5.03. The summed E-state index contributed by atoms with van der Waals surface area (Å²) in [7, 11) is 0. The molecule has 0 saturated heterocycles. The molecule has 0 bridgehead atoms. The molecule has 0 radical (unpaired) electrons. The van der Waals surface area contributed by atoms with E-state index < -0.39 is 23.4 Å². The summed E-state index contributed by atoms with van der Waals surface area (Å²) >= 11 is 5.67. The van der Waals surface area contributed by atoms with Gasteiger partial charge in [-0.15, -0.1) is 0 Å². The Hall–Kier alpha value is -3.13. The monoisotopic (exact) mass is 350 g/mol. The number of rotatable bonds is 5. The van der Waals surface area contributed by atoms with Crippen LogP contribution in [0.15, 0.2) is 42.5 Å². The van der Waals surface area contributed by atoms with Crippen molar-refractivity contribution in [1.29, 1.82) is 0 Å². The number of halogens is 1. The fourth-order valence-corrected chi connectivity index (χ4v) is 1.96. The normalized spacial score (nSPS) is 10.0. The van der Waals surface area contributed by atoms with Gasteiger partial charge in [0.25, 0.3) is 11.6 Å². The van der Waals surface area contributed by atoms with E-state index in [2.05, 4.69) is 5.32 Å². The molecular weight excluding hydrogens is 340 g/mol. The van der Waals surface area contributed by atoms with Crippen molar-refractivity contribution in [3.8, 4) is 5.75 Å². The molecule has 0 heterocycles. The third-order valence-electron chi connectivity index (χ3n) is 2.85. The number of ether oxygens (including phenoxy) is 1. The van der Waals surface area contributed by atoms with Crippen molar-refractivity contribution in [1.82, 2.24) is 0 Å². The maximum absolute atomic E-state index is 11.8. The fraction of sp³-hybridized carbons (Fsp3) is 0.0667. The number of nitrogens with one attached hydrogen (secondary N) is 1. The summed E-state index contributed by atoms with van der Waals surface area (Å²) in [5, 5.41) is 22.6. The van der Waals surface area contributed by atoms with Crippen LogP contribution in [0.5, 0.6) is 5.75 Å². The van der Waals surface area contributed by atoms with E-state index in [-0.39, 0.29) is 27.7 Å². The van der Waals surface area contributed by atoms with Crippen molar-refractivity contribution in [2.75, 3.05) is 11.9 Å². The Morgan fingerprint density at radius 2 is 2.00 bits per heavy atom. The van der Waals surface area contributed by atoms with E-state index in [0.717, 1.165) is 6.07 Å². The van der Waals surface area contributed by atoms with Crippen molar-refractivity contribution in [3.05, 3.63) is 63.2 Å². The summed E-state index contributed by atoms with van der Waals surface area (Å²) in [5.74, 6) is -1.69. The van der Waals surface area contributed by atoms with Crippen LogP contribution in [0.2, 0.25) is 5.02 Å². The molecule has 0 aliphatic heterocycles. The Morgan fingerprint density at radius 1 is 1.25 bits per heavy atom. The number of nitro groups is 1. The predicted molar refractivity (Wildman–Crippen MR) is 85.1 cm³/mol. The summed E-state index contributed by atoms with van der Waals surface area (Å²) < 4.78 is 4.78. The molecule has 24 heavy (non-hydrogen) atoms. The van der Waals surface area contributed by atoms with Crippen LogP contribution in [0.1, 0.15) is 10.4 Å². The lowest BCUT2D eigenvalue weighted by molar-refractivity contribution is -0.383. The standard InChI is InChI=1S/C15H11ClN2O6/c16-10-4-5-12(13(7-10)18(22)23)17-14(20)8-24-15(21)9-2-1-3-11(19)6-9/h1-7,19H,8H2,(H,17,20). The predicted octanol–water partition coefficient (Wildman–Crippen LogP) is 2.75. The van der Waals surface area contributed by atoms with Gasteiger partial charge >= 0.3 is 5.97 Å². The van der Waals surface area contributed by atoms with Crippen LogP contribution in [-0.2, 0) is 9.53 Å². The van der Waals surface area contributed by atoms with Gasteiger partial charge in [-0.1, -0.05) is 17.7 Å². The molecule has 0 spiro atoms. The van der Waals surface area contributed by atoms with E-state index >= 15 is 0 Å². The van der Waals surface area contributed by atoms with E-state index in [9.17, 15) is 24.8 Å². The quantitative estimate of drug-likeness (QED) is 0.486. The minimum atomic E-state index is -0.813. The Labute approximate surface area is 140 Å². The van der Waals surface area contributed by atoms with Gasteiger partial charge in [0.1, 0.15) is 11.4 Å². The Balaban J connectivity index is 1.99. The van der Waals surface area contributed by atoms with Gasteiger partial charge in [0.05, 0.1) is 10.5 Å². The summed E-state index contributed by atoms with van der Waals surface area (Å²) in [4.78, 5) is 33.7. The van der Waals surface area contributed by atoms with E-state index in [1.165, 1.54) is 36.4 Å². The molecule has 0 aliphatic rings. The van der Waals surface area contributed by atoms with Gasteiger partial charge in [0.15, 0.2) is 6.61 Å². The maximum Gasteiger partial charge on any atom is 0.338 e. The third-order valence-corrected chi connectivity index (χ3v) is 3.08. The van der Waals surface area contributed by atoms with Crippen molar-refractivity contribution in [3.63, 3.8) is 0 Å². The summed E-state index contributed by atoms with van der Waals surface area (Å²) in [6, 6.07) is 9.16. The first kappa shape index (κ1) is 17.2. The number of carbonyl (C=O) groups excluding carboxylic acids is 2. The molecule has 2 rings (SSSR count). The highest BCUT2D eigenvalue weighted by Crippen LogP contribution is 2.27. The van der Waals surface area contributed by atoms with Gasteiger partial charge < -0.3 is 15.2 Å². The van der Waals surface area contributed by atoms with Crippen molar-refractivity contribution < 1.29 is 24.4 Å². The number of amides is 1. The van der Waals surface area contributed by atoms with Gasteiger partial charge in [0, 0.05) is 11.1 Å². The van der Waals surface area contributed by atoms with Gasteiger partial charge in [-0.05, 0) is 30.3 Å². The molecule has 2 aromatic rings.